The van der Waals surface area contributed by atoms with Gasteiger partial charge < -0.3 is 10.1 Å². The van der Waals surface area contributed by atoms with E-state index in [1.165, 1.54) is 11.3 Å². The number of nitrogens with one attached hydrogen (secondary N) is 2. The second-order valence-electron chi connectivity index (χ2n) is 6.52. The van der Waals surface area contributed by atoms with Crippen molar-refractivity contribution in [2.75, 3.05) is 6.61 Å². The van der Waals surface area contributed by atoms with Crippen LogP contribution in [0.25, 0.3) is 16.3 Å². The molecule has 1 saturated carbocycles. The lowest BCUT2D eigenvalue weighted by molar-refractivity contribution is -0.123. The number of carbonyl (C=O) groups is 3. The highest BCUT2D eigenvalue weighted by Crippen LogP contribution is 2.28. The third-order valence-corrected chi connectivity index (χ3v) is 5.09. The molecule has 1 aliphatic carbocycles. The number of imide groups is 1. The summed E-state index contributed by atoms with van der Waals surface area (Å²) < 4.78 is 6.71. The van der Waals surface area contributed by atoms with E-state index in [0.717, 1.165) is 23.4 Å². The normalized spacial score (nSPS) is 13.0. The molecule has 2 heterocycles. The number of ether oxygens (including phenoxy) is 1. The van der Waals surface area contributed by atoms with E-state index < -0.39 is 24.5 Å². The van der Waals surface area contributed by atoms with Crippen molar-refractivity contribution in [3.63, 3.8) is 0 Å². The number of amides is 3. The fourth-order valence-corrected chi connectivity index (χ4v) is 3.38. The zero-order chi connectivity index (χ0) is 20.2. The zero-order valence-corrected chi connectivity index (χ0v) is 16.1. The van der Waals surface area contributed by atoms with Gasteiger partial charge in [-0.1, -0.05) is 24.3 Å². The number of thiophene rings is 1. The number of hydrogen-bond acceptors (Lipinski definition) is 6. The van der Waals surface area contributed by atoms with E-state index in [-0.39, 0.29) is 11.6 Å². The molecule has 0 atom stereocenters. The first-order chi connectivity index (χ1) is 14.1. The highest BCUT2D eigenvalue weighted by atomic mass is 32.1. The molecule has 0 unspecified atom stereocenters. The van der Waals surface area contributed by atoms with Crippen LogP contribution in [0.15, 0.2) is 54.0 Å². The average molecular weight is 410 g/mol. The van der Waals surface area contributed by atoms with Crippen LogP contribution in [0.5, 0.6) is 0 Å². The minimum atomic E-state index is -0.690. The topological polar surface area (TPSA) is 102 Å². The van der Waals surface area contributed by atoms with Crippen LogP contribution in [0.4, 0.5) is 4.79 Å². The fraction of sp³-hybridized carbons (Fsp3) is 0.200. The number of rotatable bonds is 6. The van der Waals surface area contributed by atoms with E-state index in [2.05, 4.69) is 15.7 Å². The lowest BCUT2D eigenvalue weighted by atomic mass is 10.2. The molecule has 1 aromatic carbocycles. The molecule has 9 heteroatoms. The quantitative estimate of drug-likeness (QED) is 0.609. The third-order valence-electron chi connectivity index (χ3n) is 4.21. The maximum absolute atomic E-state index is 12.6. The lowest BCUT2D eigenvalue weighted by Gasteiger charge is -2.06. The Morgan fingerprint density at radius 3 is 2.62 bits per heavy atom. The lowest BCUT2D eigenvalue weighted by Crippen LogP contribution is -2.42. The Morgan fingerprint density at radius 2 is 1.93 bits per heavy atom. The average Bonchev–Trinajstić information content (AvgIpc) is 3.21. The summed E-state index contributed by atoms with van der Waals surface area (Å²) in [6, 6.07) is 12.6. The summed E-state index contributed by atoms with van der Waals surface area (Å²) in [5, 5.41) is 11.2. The molecule has 1 aliphatic rings. The molecule has 4 rings (SSSR count). The van der Waals surface area contributed by atoms with Gasteiger partial charge in [0.05, 0.1) is 10.6 Å². The van der Waals surface area contributed by atoms with Gasteiger partial charge in [-0.25, -0.2) is 14.3 Å². The predicted molar refractivity (Wildman–Crippen MR) is 107 cm³/mol. The first-order valence-electron chi connectivity index (χ1n) is 9.06. The number of esters is 1. The molecule has 0 radical (unpaired) electrons. The largest absolute Gasteiger partial charge is 0.452 e. The van der Waals surface area contributed by atoms with E-state index in [0.29, 0.717) is 5.69 Å². The molecule has 29 heavy (non-hydrogen) atoms. The number of hydrogen-bond donors (Lipinski definition) is 2. The maximum atomic E-state index is 12.6. The van der Waals surface area contributed by atoms with Gasteiger partial charge >= 0.3 is 12.0 Å². The van der Waals surface area contributed by atoms with E-state index >= 15 is 0 Å². The summed E-state index contributed by atoms with van der Waals surface area (Å²) in [5.41, 5.74) is 1.51. The van der Waals surface area contributed by atoms with Crippen molar-refractivity contribution >= 4 is 29.2 Å². The Labute approximate surface area is 170 Å². The van der Waals surface area contributed by atoms with Gasteiger partial charge in [-0.2, -0.15) is 5.10 Å². The molecule has 0 saturated heterocycles. The van der Waals surface area contributed by atoms with Gasteiger partial charge in [0, 0.05) is 12.2 Å². The predicted octanol–water partition coefficient (Wildman–Crippen LogP) is 2.75. The van der Waals surface area contributed by atoms with Crippen LogP contribution in [-0.2, 0) is 9.53 Å². The van der Waals surface area contributed by atoms with Crippen molar-refractivity contribution in [3.8, 4) is 16.3 Å². The third kappa shape index (κ3) is 4.69. The number of urea groups is 1. The van der Waals surface area contributed by atoms with E-state index in [1.807, 2.05) is 47.8 Å². The SMILES string of the molecule is O=C(COC(=O)c1cn(-c2ccccc2)nc1-c1cccs1)NC(=O)NC1CC1. The molecular weight excluding hydrogens is 392 g/mol. The molecule has 3 amide bonds. The van der Waals surface area contributed by atoms with Crippen LogP contribution in [0.2, 0.25) is 0 Å². The summed E-state index contributed by atoms with van der Waals surface area (Å²) in [6.45, 7) is -0.558. The Bertz CT molecular complexity index is 1030. The number of carbonyl (C=O) groups excluding carboxylic acids is 3. The van der Waals surface area contributed by atoms with Crippen LogP contribution in [0, 0.1) is 0 Å². The minimum Gasteiger partial charge on any atom is -0.452 e. The second-order valence-corrected chi connectivity index (χ2v) is 7.47. The molecule has 0 bridgehead atoms. The van der Waals surface area contributed by atoms with E-state index in [1.54, 1.807) is 10.9 Å². The van der Waals surface area contributed by atoms with Gasteiger partial charge in [-0.3, -0.25) is 10.1 Å². The Morgan fingerprint density at radius 1 is 1.14 bits per heavy atom. The first-order valence-corrected chi connectivity index (χ1v) is 9.94. The molecule has 3 aromatic rings. The van der Waals surface area contributed by atoms with E-state index in [4.69, 9.17) is 4.74 Å². The maximum Gasteiger partial charge on any atom is 0.342 e. The van der Waals surface area contributed by atoms with Crippen molar-refractivity contribution in [3.05, 3.63) is 59.6 Å². The van der Waals surface area contributed by atoms with Crippen molar-refractivity contribution in [2.45, 2.75) is 18.9 Å². The molecule has 2 N–H and O–H groups in total. The smallest absolute Gasteiger partial charge is 0.342 e. The molecule has 8 nitrogen and oxygen atoms in total. The number of aromatic nitrogens is 2. The van der Waals surface area contributed by atoms with Gasteiger partial charge in [0.15, 0.2) is 6.61 Å². The molecule has 0 spiro atoms. The van der Waals surface area contributed by atoms with Crippen molar-refractivity contribution in [1.29, 1.82) is 0 Å². The van der Waals surface area contributed by atoms with Crippen LogP contribution in [0.3, 0.4) is 0 Å². The van der Waals surface area contributed by atoms with Crippen molar-refractivity contribution < 1.29 is 19.1 Å². The molecule has 0 aliphatic heterocycles. The first kappa shape index (κ1) is 18.9. The Kier molecular flexibility index (Phi) is 5.39. The van der Waals surface area contributed by atoms with Gasteiger partial charge in [0.25, 0.3) is 5.91 Å². The summed E-state index contributed by atoms with van der Waals surface area (Å²) in [5.74, 6) is -1.38. The Hall–Kier alpha value is -3.46. The highest BCUT2D eigenvalue weighted by molar-refractivity contribution is 7.13. The summed E-state index contributed by atoms with van der Waals surface area (Å²) >= 11 is 1.44. The summed E-state index contributed by atoms with van der Waals surface area (Å²) in [4.78, 5) is 36.9. The minimum absolute atomic E-state index is 0.127. The van der Waals surface area contributed by atoms with Crippen LogP contribution in [0.1, 0.15) is 23.2 Å². The fourth-order valence-electron chi connectivity index (χ4n) is 2.65. The summed E-state index contributed by atoms with van der Waals surface area (Å²) in [6.07, 6.45) is 3.39. The number of benzene rings is 1. The van der Waals surface area contributed by atoms with Crippen molar-refractivity contribution in [2.24, 2.45) is 0 Å². The summed E-state index contributed by atoms with van der Waals surface area (Å²) in [7, 11) is 0. The van der Waals surface area contributed by atoms with Crippen LogP contribution < -0.4 is 10.6 Å². The van der Waals surface area contributed by atoms with Crippen molar-refractivity contribution in [1.82, 2.24) is 20.4 Å². The zero-order valence-electron chi connectivity index (χ0n) is 15.3. The van der Waals surface area contributed by atoms with E-state index in [9.17, 15) is 14.4 Å². The van der Waals surface area contributed by atoms with Crippen LogP contribution in [-0.4, -0.2) is 40.3 Å². The van der Waals surface area contributed by atoms with Gasteiger partial charge in [-0.05, 0) is 36.4 Å². The van der Waals surface area contributed by atoms with Gasteiger partial charge in [-0.15, -0.1) is 11.3 Å². The van der Waals surface area contributed by atoms with Crippen LogP contribution >= 0.6 is 11.3 Å². The molecule has 148 valence electrons. The number of para-hydroxylation sites is 1. The number of nitrogens with zero attached hydrogens (tertiary/aromatic N) is 2. The second kappa shape index (κ2) is 8.27. The highest BCUT2D eigenvalue weighted by Gasteiger charge is 2.25. The van der Waals surface area contributed by atoms with Gasteiger partial charge in [0.2, 0.25) is 0 Å². The Balaban J connectivity index is 1.47. The standard InChI is InChI=1S/C20H18N4O4S/c25-17(22-20(27)21-13-8-9-13)12-28-19(26)15-11-24(14-5-2-1-3-6-14)23-18(15)16-7-4-10-29-16/h1-7,10-11,13H,8-9,12H2,(H2,21,22,25,27). The monoisotopic (exact) mass is 410 g/mol. The molecule has 1 fully saturated rings. The molecule has 2 aromatic heterocycles. The van der Waals surface area contributed by atoms with Gasteiger partial charge in [0.1, 0.15) is 11.3 Å². The molecular formula is C20H18N4O4S.